The molecule has 0 amide bonds. The first kappa shape index (κ1) is 16.0. The molecule has 2 aromatic carbocycles. The molecule has 3 aromatic rings. The molecule has 0 aliphatic carbocycles. The molecule has 1 aromatic heterocycles. The lowest BCUT2D eigenvalue weighted by Crippen LogP contribution is -2.35. The number of rotatable bonds is 3. The smallest absolute Gasteiger partial charge is 0.275 e. The van der Waals surface area contributed by atoms with Gasteiger partial charge >= 0.3 is 0 Å². The summed E-state index contributed by atoms with van der Waals surface area (Å²) in [5, 5.41) is 4.83. The number of hydrazone groups is 1. The molecule has 2 heterocycles. The predicted molar refractivity (Wildman–Crippen MR) is 98.6 cm³/mol. The summed E-state index contributed by atoms with van der Waals surface area (Å²) in [6.45, 7) is 2.29. The fourth-order valence-corrected chi connectivity index (χ4v) is 2.81. The average Bonchev–Trinajstić information content (AvgIpc) is 2.67. The van der Waals surface area contributed by atoms with Crippen molar-refractivity contribution in [2.75, 3.05) is 12.0 Å². The SMILES string of the molecule is CC(=O)c1ccc(N/N=C2/OCCn3c2nc2ccccc2c3=O)cc1. The second kappa shape index (κ2) is 6.44. The van der Waals surface area contributed by atoms with Gasteiger partial charge in [-0.25, -0.2) is 4.98 Å². The van der Waals surface area contributed by atoms with E-state index in [1.54, 1.807) is 41.0 Å². The maximum absolute atomic E-state index is 12.7. The zero-order valence-electron chi connectivity index (χ0n) is 14.1. The number of hydrogen-bond acceptors (Lipinski definition) is 6. The van der Waals surface area contributed by atoms with Crippen LogP contribution in [0.3, 0.4) is 0 Å². The van der Waals surface area contributed by atoms with Crippen LogP contribution in [-0.4, -0.2) is 27.8 Å². The van der Waals surface area contributed by atoms with Crippen molar-refractivity contribution >= 4 is 28.3 Å². The van der Waals surface area contributed by atoms with Crippen LogP contribution < -0.4 is 11.0 Å². The Kier molecular flexibility index (Phi) is 3.96. The van der Waals surface area contributed by atoms with E-state index in [0.29, 0.717) is 41.1 Å². The second-order valence-electron chi connectivity index (χ2n) is 5.92. The Morgan fingerprint density at radius 1 is 1.19 bits per heavy atom. The first-order chi connectivity index (χ1) is 12.6. The Labute approximate surface area is 148 Å². The zero-order chi connectivity index (χ0) is 18.1. The van der Waals surface area contributed by atoms with Gasteiger partial charge in [-0.2, -0.15) is 0 Å². The first-order valence-corrected chi connectivity index (χ1v) is 8.21. The van der Waals surface area contributed by atoms with Gasteiger partial charge in [-0.05, 0) is 43.3 Å². The summed E-state index contributed by atoms with van der Waals surface area (Å²) >= 11 is 0. The molecule has 0 atom stereocenters. The fourth-order valence-electron chi connectivity index (χ4n) is 2.81. The summed E-state index contributed by atoms with van der Waals surface area (Å²) in [4.78, 5) is 28.5. The van der Waals surface area contributed by atoms with Crippen LogP contribution >= 0.6 is 0 Å². The Hall–Kier alpha value is -3.48. The molecule has 1 N–H and O–H groups in total. The number of fused-ring (bicyclic) bond motifs is 2. The number of ether oxygens (including phenoxy) is 1. The van der Waals surface area contributed by atoms with Gasteiger partial charge in [-0.1, -0.05) is 12.1 Å². The van der Waals surface area contributed by atoms with E-state index in [0.717, 1.165) is 0 Å². The maximum atomic E-state index is 12.7. The van der Waals surface area contributed by atoms with Crippen molar-refractivity contribution in [1.29, 1.82) is 0 Å². The van der Waals surface area contributed by atoms with E-state index in [-0.39, 0.29) is 17.2 Å². The van der Waals surface area contributed by atoms with Crippen molar-refractivity contribution in [3.05, 3.63) is 70.3 Å². The van der Waals surface area contributed by atoms with E-state index < -0.39 is 0 Å². The van der Waals surface area contributed by atoms with Crippen LogP contribution in [0.2, 0.25) is 0 Å². The van der Waals surface area contributed by atoms with Gasteiger partial charge in [0.15, 0.2) is 5.78 Å². The van der Waals surface area contributed by atoms with E-state index in [4.69, 9.17) is 4.74 Å². The van der Waals surface area contributed by atoms with Crippen LogP contribution in [-0.2, 0) is 11.3 Å². The minimum Gasteiger partial charge on any atom is -0.472 e. The number of para-hydroxylation sites is 1. The van der Waals surface area contributed by atoms with Crippen LogP contribution in [0, 0.1) is 0 Å². The molecule has 0 unspecified atom stereocenters. The molecule has 4 rings (SSSR count). The van der Waals surface area contributed by atoms with Crippen molar-refractivity contribution in [1.82, 2.24) is 9.55 Å². The standard InChI is InChI=1S/C19H16N4O3/c1-12(24)13-6-8-14(9-7-13)21-22-18-17-20-16-5-3-2-4-15(16)19(25)23(17)10-11-26-18/h2-9,21H,10-11H2,1H3/b22-18+. The topological polar surface area (TPSA) is 85.6 Å². The molecular formula is C19H16N4O3. The highest BCUT2D eigenvalue weighted by Crippen LogP contribution is 2.14. The van der Waals surface area contributed by atoms with Crippen molar-refractivity contribution in [3.8, 4) is 0 Å². The number of carbonyl (C=O) groups is 1. The van der Waals surface area contributed by atoms with Gasteiger partial charge in [0, 0.05) is 5.56 Å². The minimum absolute atomic E-state index is 0.00265. The molecule has 7 heteroatoms. The normalized spacial score (nSPS) is 14.7. The lowest BCUT2D eigenvalue weighted by Gasteiger charge is -2.20. The molecule has 0 saturated carbocycles. The van der Waals surface area contributed by atoms with Crippen molar-refractivity contribution in [2.24, 2.45) is 5.10 Å². The van der Waals surface area contributed by atoms with Crippen LogP contribution in [0.4, 0.5) is 5.69 Å². The Morgan fingerprint density at radius 3 is 2.73 bits per heavy atom. The maximum Gasteiger partial charge on any atom is 0.275 e. The number of nitrogens with one attached hydrogen (secondary N) is 1. The third-order valence-corrected chi connectivity index (χ3v) is 4.18. The molecule has 26 heavy (non-hydrogen) atoms. The molecule has 0 bridgehead atoms. The number of anilines is 1. The lowest BCUT2D eigenvalue weighted by atomic mass is 10.1. The molecule has 1 aliphatic heterocycles. The fraction of sp³-hybridized carbons (Fsp3) is 0.158. The van der Waals surface area contributed by atoms with E-state index >= 15 is 0 Å². The molecule has 0 fully saturated rings. The number of carbonyl (C=O) groups excluding carboxylic acids is 1. The first-order valence-electron chi connectivity index (χ1n) is 8.21. The summed E-state index contributed by atoms with van der Waals surface area (Å²) in [7, 11) is 0. The Bertz CT molecular complexity index is 1080. The van der Waals surface area contributed by atoms with Gasteiger partial charge in [0.2, 0.25) is 5.82 Å². The predicted octanol–water partition coefficient (Wildman–Crippen LogP) is 2.40. The molecule has 0 radical (unpaired) electrons. The molecule has 7 nitrogen and oxygen atoms in total. The molecule has 0 saturated heterocycles. The van der Waals surface area contributed by atoms with Crippen LogP contribution in [0.1, 0.15) is 23.1 Å². The van der Waals surface area contributed by atoms with Crippen LogP contribution in [0.15, 0.2) is 58.4 Å². The van der Waals surface area contributed by atoms with Crippen molar-refractivity contribution in [2.45, 2.75) is 13.5 Å². The zero-order valence-corrected chi connectivity index (χ0v) is 14.1. The number of hydrogen-bond donors (Lipinski definition) is 1. The van der Waals surface area contributed by atoms with Gasteiger partial charge in [-0.3, -0.25) is 19.6 Å². The number of nitrogens with zero attached hydrogens (tertiary/aromatic N) is 3. The number of ketones is 1. The van der Waals surface area contributed by atoms with Crippen molar-refractivity contribution in [3.63, 3.8) is 0 Å². The third kappa shape index (κ3) is 2.83. The van der Waals surface area contributed by atoms with E-state index in [1.807, 2.05) is 12.1 Å². The highest BCUT2D eigenvalue weighted by atomic mass is 16.5. The molecular weight excluding hydrogens is 332 g/mol. The van der Waals surface area contributed by atoms with Crippen molar-refractivity contribution < 1.29 is 9.53 Å². The molecule has 130 valence electrons. The molecule has 0 spiro atoms. The summed E-state index contributed by atoms with van der Waals surface area (Å²) in [6, 6.07) is 14.2. The summed E-state index contributed by atoms with van der Waals surface area (Å²) < 4.78 is 7.18. The number of Topliss-reactive ketones (excluding diaryl/α,β-unsaturated/α-hetero) is 1. The van der Waals surface area contributed by atoms with E-state index in [9.17, 15) is 9.59 Å². The van der Waals surface area contributed by atoms with Crippen LogP contribution in [0.5, 0.6) is 0 Å². The lowest BCUT2D eigenvalue weighted by molar-refractivity contribution is 0.101. The Balaban J connectivity index is 1.70. The highest BCUT2D eigenvalue weighted by molar-refractivity contribution is 5.95. The van der Waals surface area contributed by atoms with Crippen LogP contribution in [0.25, 0.3) is 10.9 Å². The second-order valence-corrected chi connectivity index (χ2v) is 5.92. The van der Waals surface area contributed by atoms with Gasteiger partial charge in [-0.15, -0.1) is 5.10 Å². The summed E-state index contributed by atoms with van der Waals surface area (Å²) in [5.41, 5.74) is 4.71. The van der Waals surface area contributed by atoms with Gasteiger partial charge < -0.3 is 4.74 Å². The molecule has 1 aliphatic rings. The summed E-state index contributed by atoms with van der Waals surface area (Å²) in [5.74, 6) is 0.658. The summed E-state index contributed by atoms with van der Waals surface area (Å²) in [6.07, 6.45) is 0. The quantitative estimate of drug-likeness (QED) is 0.580. The minimum atomic E-state index is -0.104. The third-order valence-electron chi connectivity index (χ3n) is 4.18. The number of aromatic nitrogens is 2. The highest BCUT2D eigenvalue weighted by Gasteiger charge is 2.21. The van der Waals surface area contributed by atoms with Gasteiger partial charge in [0.1, 0.15) is 6.61 Å². The monoisotopic (exact) mass is 348 g/mol. The van der Waals surface area contributed by atoms with Gasteiger partial charge in [0.05, 0.1) is 23.1 Å². The van der Waals surface area contributed by atoms with E-state index in [2.05, 4.69) is 15.5 Å². The van der Waals surface area contributed by atoms with Gasteiger partial charge in [0.25, 0.3) is 11.5 Å². The average molecular weight is 348 g/mol. The van der Waals surface area contributed by atoms with E-state index in [1.165, 1.54) is 6.92 Å². The number of benzene rings is 2. The largest absolute Gasteiger partial charge is 0.472 e. The Morgan fingerprint density at radius 2 is 1.96 bits per heavy atom.